The van der Waals surface area contributed by atoms with Gasteiger partial charge in [-0.2, -0.15) is 0 Å². The molecular weight excluding hydrogens is 212 g/mol. The van der Waals surface area contributed by atoms with E-state index in [2.05, 4.69) is 38.1 Å². The van der Waals surface area contributed by atoms with Gasteiger partial charge in [-0.05, 0) is 37.2 Å². The summed E-state index contributed by atoms with van der Waals surface area (Å²) in [5, 5.41) is 10.3. The average molecular weight is 234 g/mol. The Morgan fingerprint density at radius 2 is 2.29 bits per heavy atom. The van der Waals surface area contributed by atoms with E-state index in [4.69, 9.17) is 4.74 Å². The summed E-state index contributed by atoms with van der Waals surface area (Å²) in [4.78, 5) is 0. The zero-order valence-electron chi connectivity index (χ0n) is 10.7. The van der Waals surface area contributed by atoms with Crippen LogP contribution in [0, 0.1) is 18.8 Å². The molecule has 2 heteroatoms. The minimum absolute atomic E-state index is 0.240. The Labute approximate surface area is 104 Å². The molecule has 1 saturated heterocycles. The van der Waals surface area contributed by atoms with Crippen molar-refractivity contribution in [1.29, 1.82) is 0 Å². The predicted molar refractivity (Wildman–Crippen MR) is 69.0 cm³/mol. The van der Waals surface area contributed by atoms with Gasteiger partial charge in [0, 0.05) is 13.2 Å². The van der Waals surface area contributed by atoms with Gasteiger partial charge in [0.25, 0.3) is 0 Å². The van der Waals surface area contributed by atoms with E-state index in [1.165, 1.54) is 11.1 Å². The third-order valence-electron chi connectivity index (χ3n) is 3.73. The van der Waals surface area contributed by atoms with E-state index in [9.17, 15) is 5.11 Å². The maximum absolute atomic E-state index is 10.3. The highest BCUT2D eigenvalue weighted by Crippen LogP contribution is 2.26. The van der Waals surface area contributed by atoms with Gasteiger partial charge in [-0.15, -0.1) is 0 Å². The van der Waals surface area contributed by atoms with Crippen LogP contribution in [0.25, 0.3) is 0 Å². The molecule has 0 spiro atoms. The van der Waals surface area contributed by atoms with E-state index < -0.39 is 0 Å². The Morgan fingerprint density at radius 3 is 3.00 bits per heavy atom. The number of hydrogen-bond acceptors (Lipinski definition) is 2. The Kier molecular flexibility index (Phi) is 4.19. The molecule has 0 radical (unpaired) electrons. The fourth-order valence-electron chi connectivity index (χ4n) is 2.70. The van der Waals surface area contributed by atoms with Crippen molar-refractivity contribution in [2.75, 3.05) is 13.2 Å². The van der Waals surface area contributed by atoms with Gasteiger partial charge >= 0.3 is 0 Å². The topological polar surface area (TPSA) is 29.5 Å². The fourth-order valence-corrected chi connectivity index (χ4v) is 2.70. The second-order valence-corrected chi connectivity index (χ2v) is 5.27. The molecule has 17 heavy (non-hydrogen) atoms. The van der Waals surface area contributed by atoms with E-state index >= 15 is 0 Å². The summed E-state index contributed by atoms with van der Waals surface area (Å²) in [5.74, 6) is 0.841. The first-order chi connectivity index (χ1) is 8.16. The van der Waals surface area contributed by atoms with Crippen LogP contribution in [0.1, 0.15) is 24.5 Å². The highest BCUT2D eigenvalue weighted by Gasteiger charge is 2.28. The van der Waals surface area contributed by atoms with Crippen molar-refractivity contribution in [1.82, 2.24) is 0 Å². The summed E-state index contributed by atoms with van der Waals surface area (Å²) in [6, 6.07) is 8.41. The lowest BCUT2D eigenvalue weighted by atomic mass is 9.83. The number of benzene rings is 1. The molecule has 0 bridgehead atoms. The Morgan fingerprint density at radius 1 is 1.47 bits per heavy atom. The quantitative estimate of drug-likeness (QED) is 0.871. The summed E-state index contributed by atoms with van der Waals surface area (Å²) in [6.45, 7) is 5.84. The highest BCUT2D eigenvalue weighted by atomic mass is 16.5. The molecule has 1 heterocycles. The molecule has 0 amide bonds. The fraction of sp³-hybridized carbons (Fsp3) is 0.600. The molecule has 1 aliphatic rings. The first-order valence-electron chi connectivity index (χ1n) is 6.48. The summed E-state index contributed by atoms with van der Waals surface area (Å²) in [6.07, 6.45) is 1.50. The monoisotopic (exact) mass is 234 g/mol. The Bertz CT molecular complexity index is 362. The second-order valence-electron chi connectivity index (χ2n) is 5.27. The van der Waals surface area contributed by atoms with Crippen LogP contribution in [0.3, 0.4) is 0 Å². The number of hydrogen-bond donors (Lipinski definition) is 1. The van der Waals surface area contributed by atoms with Gasteiger partial charge in [-0.3, -0.25) is 0 Å². The van der Waals surface area contributed by atoms with Crippen LogP contribution in [-0.4, -0.2) is 24.4 Å². The third-order valence-corrected chi connectivity index (χ3v) is 3.73. The number of ether oxygens (including phenoxy) is 1. The molecule has 0 saturated carbocycles. The molecule has 3 atom stereocenters. The van der Waals surface area contributed by atoms with Gasteiger partial charge < -0.3 is 9.84 Å². The van der Waals surface area contributed by atoms with E-state index in [1.807, 2.05) is 0 Å². The Balaban J connectivity index is 1.98. The van der Waals surface area contributed by atoms with Gasteiger partial charge in [0.05, 0.1) is 6.10 Å². The SMILES string of the molecule is Cc1cccc(CC(O)C2CCOCC2C)c1. The molecule has 1 aromatic carbocycles. The van der Waals surface area contributed by atoms with Crippen LogP contribution in [0.15, 0.2) is 24.3 Å². The largest absolute Gasteiger partial charge is 0.392 e. The van der Waals surface area contributed by atoms with E-state index in [0.717, 1.165) is 26.1 Å². The maximum Gasteiger partial charge on any atom is 0.0612 e. The van der Waals surface area contributed by atoms with E-state index in [1.54, 1.807) is 0 Å². The zero-order valence-corrected chi connectivity index (χ0v) is 10.7. The first-order valence-corrected chi connectivity index (χ1v) is 6.48. The Hall–Kier alpha value is -0.860. The molecular formula is C15H22O2. The van der Waals surface area contributed by atoms with Crippen LogP contribution >= 0.6 is 0 Å². The normalized spacial score (nSPS) is 26.8. The van der Waals surface area contributed by atoms with Gasteiger partial charge in [-0.25, -0.2) is 0 Å². The van der Waals surface area contributed by atoms with Crippen molar-refractivity contribution in [3.63, 3.8) is 0 Å². The van der Waals surface area contributed by atoms with Crippen molar-refractivity contribution >= 4 is 0 Å². The molecule has 0 aliphatic carbocycles. The number of aliphatic hydroxyl groups is 1. The van der Waals surface area contributed by atoms with Gasteiger partial charge in [-0.1, -0.05) is 36.8 Å². The molecule has 94 valence electrons. The van der Waals surface area contributed by atoms with E-state index in [-0.39, 0.29) is 6.10 Å². The van der Waals surface area contributed by atoms with Crippen molar-refractivity contribution in [2.45, 2.75) is 32.8 Å². The van der Waals surface area contributed by atoms with Crippen LogP contribution in [0.5, 0.6) is 0 Å². The molecule has 1 aliphatic heterocycles. The number of aliphatic hydroxyl groups excluding tert-OH is 1. The number of aryl methyl sites for hydroxylation is 1. The van der Waals surface area contributed by atoms with Crippen molar-refractivity contribution < 1.29 is 9.84 Å². The van der Waals surface area contributed by atoms with Crippen LogP contribution in [0.4, 0.5) is 0 Å². The lowest BCUT2D eigenvalue weighted by Crippen LogP contribution is -2.35. The molecule has 1 N–H and O–H groups in total. The molecule has 1 fully saturated rings. The van der Waals surface area contributed by atoms with Crippen LogP contribution in [0.2, 0.25) is 0 Å². The lowest BCUT2D eigenvalue weighted by molar-refractivity contribution is -0.0294. The molecule has 0 aromatic heterocycles. The maximum atomic E-state index is 10.3. The minimum Gasteiger partial charge on any atom is -0.392 e. The molecule has 2 rings (SSSR count). The predicted octanol–water partition coefficient (Wildman–Crippen LogP) is 2.57. The average Bonchev–Trinajstić information content (AvgIpc) is 2.29. The smallest absolute Gasteiger partial charge is 0.0612 e. The number of rotatable bonds is 3. The van der Waals surface area contributed by atoms with Gasteiger partial charge in [0.1, 0.15) is 0 Å². The summed E-state index contributed by atoms with van der Waals surface area (Å²) in [5.41, 5.74) is 2.49. The summed E-state index contributed by atoms with van der Waals surface area (Å²) in [7, 11) is 0. The standard InChI is InChI=1S/C15H22O2/c1-11-4-3-5-13(8-11)9-15(16)14-6-7-17-10-12(14)2/h3-5,8,12,14-16H,6-7,9-10H2,1-2H3. The van der Waals surface area contributed by atoms with E-state index in [0.29, 0.717) is 11.8 Å². The zero-order chi connectivity index (χ0) is 12.3. The van der Waals surface area contributed by atoms with Gasteiger partial charge in [0.2, 0.25) is 0 Å². The lowest BCUT2D eigenvalue weighted by Gasteiger charge is -2.32. The molecule has 1 aromatic rings. The molecule has 2 nitrogen and oxygen atoms in total. The minimum atomic E-state index is -0.240. The van der Waals surface area contributed by atoms with Crippen molar-refractivity contribution in [3.05, 3.63) is 35.4 Å². The van der Waals surface area contributed by atoms with Crippen molar-refractivity contribution in [2.24, 2.45) is 11.8 Å². The summed E-state index contributed by atoms with van der Waals surface area (Å²) < 4.78 is 5.42. The first kappa shape index (κ1) is 12.6. The molecule has 3 unspecified atom stereocenters. The summed E-state index contributed by atoms with van der Waals surface area (Å²) >= 11 is 0. The second kappa shape index (κ2) is 5.65. The van der Waals surface area contributed by atoms with Crippen molar-refractivity contribution in [3.8, 4) is 0 Å². The third kappa shape index (κ3) is 3.30. The highest BCUT2D eigenvalue weighted by molar-refractivity contribution is 5.22. The van der Waals surface area contributed by atoms with Crippen LogP contribution < -0.4 is 0 Å². The van der Waals surface area contributed by atoms with Crippen LogP contribution in [-0.2, 0) is 11.2 Å². The van der Waals surface area contributed by atoms with Gasteiger partial charge in [0.15, 0.2) is 0 Å².